The standard InChI is InChI=1S/C28H37ClN6O3S/c1-6-7-8-9-13-22(36)32-19-11-10-12-20(23(19)29)39-25-24(30)33-21(18-31-25)35-16-14-28(5,15-17-35)34-26(37)38-27(2,3)4/h1,10-12,18H,7-9,13-17H2,2-5H3,(H2,30,33)(H,32,36)(H,34,37). The number of terminal acetylenes is 1. The molecule has 4 N–H and O–H groups in total. The molecular formula is C28H37ClN6O3S. The number of alkyl carbamates (subject to hydrolysis) is 1. The number of anilines is 3. The zero-order valence-corrected chi connectivity index (χ0v) is 24.5. The van der Waals surface area contributed by atoms with Crippen molar-refractivity contribution < 1.29 is 14.3 Å². The number of ether oxygens (including phenoxy) is 1. The molecule has 2 heterocycles. The lowest BCUT2D eigenvalue weighted by molar-refractivity contribution is -0.116. The van der Waals surface area contributed by atoms with Gasteiger partial charge in [0.1, 0.15) is 16.4 Å². The highest BCUT2D eigenvalue weighted by molar-refractivity contribution is 7.99. The van der Waals surface area contributed by atoms with E-state index in [2.05, 4.69) is 31.4 Å². The van der Waals surface area contributed by atoms with Gasteiger partial charge in [-0.2, -0.15) is 0 Å². The Bertz CT molecular complexity index is 1220. The lowest BCUT2D eigenvalue weighted by atomic mass is 9.90. The van der Waals surface area contributed by atoms with Crippen molar-refractivity contribution in [2.75, 3.05) is 29.0 Å². The number of piperidine rings is 1. The largest absolute Gasteiger partial charge is 0.444 e. The van der Waals surface area contributed by atoms with Crippen LogP contribution in [-0.2, 0) is 9.53 Å². The molecule has 1 saturated heterocycles. The minimum Gasteiger partial charge on any atom is -0.444 e. The molecule has 1 aromatic carbocycles. The first-order valence-electron chi connectivity index (χ1n) is 13.0. The number of hydrogen-bond donors (Lipinski definition) is 3. The third-order valence-corrected chi connectivity index (χ3v) is 7.75. The highest BCUT2D eigenvalue weighted by atomic mass is 35.5. The van der Waals surface area contributed by atoms with E-state index in [0.29, 0.717) is 52.4 Å². The van der Waals surface area contributed by atoms with E-state index in [9.17, 15) is 9.59 Å². The van der Waals surface area contributed by atoms with Gasteiger partial charge in [0.15, 0.2) is 5.82 Å². The molecule has 0 atom stereocenters. The van der Waals surface area contributed by atoms with Crippen molar-refractivity contribution in [3.05, 3.63) is 29.4 Å². The highest BCUT2D eigenvalue weighted by Crippen LogP contribution is 2.39. The molecule has 0 spiro atoms. The zero-order chi connectivity index (χ0) is 28.6. The smallest absolute Gasteiger partial charge is 0.408 e. The zero-order valence-electron chi connectivity index (χ0n) is 23.0. The molecule has 2 aromatic rings. The Morgan fingerprint density at radius 3 is 2.64 bits per heavy atom. The number of rotatable bonds is 9. The predicted octanol–water partition coefficient (Wildman–Crippen LogP) is 5.88. The van der Waals surface area contributed by atoms with Crippen molar-refractivity contribution in [3.8, 4) is 12.3 Å². The fourth-order valence-corrected chi connectivity index (χ4v) is 5.13. The monoisotopic (exact) mass is 572 g/mol. The van der Waals surface area contributed by atoms with E-state index in [1.807, 2.05) is 39.8 Å². The average molecular weight is 573 g/mol. The molecule has 0 unspecified atom stereocenters. The highest BCUT2D eigenvalue weighted by Gasteiger charge is 2.33. The van der Waals surface area contributed by atoms with E-state index in [0.717, 1.165) is 25.7 Å². The van der Waals surface area contributed by atoms with Gasteiger partial charge in [-0.1, -0.05) is 29.4 Å². The Hall–Kier alpha value is -3.16. The second-order valence-electron chi connectivity index (χ2n) is 10.8. The maximum absolute atomic E-state index is 12.3. The Kier molecular flexibility index (Phi) is 10.3. The lowest BCUT2D eigenvalue weighted by Gasteiger charge is -2.40. The number of nitrogens with one attached hydrogen (secondary N) is 2. The third kappa shape index (κ3) is 9.22. The van der Waals surface area contributed by atoms with E-state index in [-0.39, 0.29) is 17.3 Å². The molecule has 1 aliphatic heterocycles. The number of benzene rings is 1. The molecule has 0 radical (unpaired) electrons. The van der Waals surface area contributed by atoms with E-state index in [4.69, 9.17) is 28.5 Å². The number of carbonyl (C=O) groups is 2. The number of nitrogen functional groups attached to an aromatic ring is 1. The van der Waals surface area contributed by atoms with Gasteiger partial charge in [0.25, 0.3) is 0 Å². The summed E-state index contributed by atoms with van der Waals surface area (Å²) in [7, 11) is 0. The van der Waals surface area contributed by atoms with Gasteiger partial charge in [0.05, 0.1) is 16.9 Å². The summed E-state index contributed by atoms with van der Waals surface area (Å²) in [6, 6.07) is 5.41. The second-order valence-corrected chi connectivity index (χ2v) is 12.2. The summed E-state index contributed by atoms with van der Waals surface area (Å²) >= 11 is 7.88. The van der Waals surface area contributed by atoms with Crippen LogP contribution in [0.1, 0.15) is 66.2 Å². The summed E-state index contributed by atoms with van der Waals surface area (Å²) in [5.74, 6) is 3.43. The van der Waals surface area contributed by atoms with Gasteiger partial charge in [-0.3, -0.25) is 4.79 Å². The first-order valence-corrected chi connectivity index (χ1v) is 14.2. The molecule has 3 rings (SSSR count). The van der Waals surface area contributed by atoms with Crippen molar-refractivity contribution in [1.29, 1.82) is 0 Å². The van der Waals surface area contributed by atoms with Crippen LogP contribution in [0.5, 0.6) is 0 Å². The van der Waals surface area contributed by atoms with Crippen LogP contribution in [0.2, 0.25) is 5.02 Å². The van der Waals surface area contributed by atoms with Crippen LogP contribution < -0.4 is 21.3 Å². The molecular weight excluding hydrogens is 536 g/mol. The minimum atomic E-state index is -0.546. The number of amides is 2. The quantitative estimate of drug-likeness (QED) is 0.251. The fourth-order valence-electron chi connectivity index (χ4n) is 4.03. The maximum Gasteiger partial charge on any atom is 0.408 e. The predicted molar refractivity (Wildman–Crippen MR) is 157 cm³/mol. The first kappa shape index (κ1) is 30.4. The van der Waals surface area contributed by atoms with Crippen molar-refractivity contribution in [2.45, 2.75) is 87.3 Å². The molecule has 1 aromatic heterocycles. The van der Waals surface area contributed by atoms with Crippen LogP contribution in [0, 0.1) is 12.3 Å². The van der Waals surface area contributed by atoms with Gasteiger partial charge in [-0.25, -0.2) is 14.8 Å². The molecule has 0 saturated carbocycles. The van der Waals surface area contributed by atoms with Gasteiger partial charge in [-0.15, -0.1) is 12.3 Å². The van der Waals surface area contributed by atoms with E-state index < -0.39 is 11.7 Å². The number of halogens is 1. The number of aromatic nitrogens is 2. The lowest BCUT2D eigenvalue weighted by Crippen LogP contribution is -2.54. The molecule has 11 heteroatoms. The second kappa shape index (κ2) is 13.3. The Morgan fingerprint density at radius 2 is 2.00 bits per heavy atom. The maximum atomic E-state index is 12.3. The Balaban J connectivity index is 1.59. The summed E-state index contributed by atoms with van der Waals surface area (Å²) in [6.45, 7) is 8.92. The van der Waals surface area contributed by atoms with Crippen LogP contribution in [0.4, 0.5) is 22.1 Å². The molecule has 1 aliphatic rings. The van der Waals surface area contributed by atoms with Crippen molar-refractivity contribution in [1.82, 2.24) is 15.3 Å². The van der Waals surface area contributed by atoms with Crippen molar-refractivity contribution in [3.63, 3.8) is 0 Å². The number of hydrogen-bond acceptors (Lipinski definition) is 8. The van der Waals surface area contributed by atoms with Gasteiger partial charge in [0.2, 0.25) is 5.91 Å². The molecule has 1 fully saturated rings. The van der Waals surface area contributed by atoms with Crippen LogP contribution >= 0.6 is 23.4 Å². The fraction of sp³-hybridized carbons (Fsp3) is 0.500. The summed E-state index contributed by atoms with van der Waals surface area (Å²) in [5.41, 5.74) is 5.90. The van der Waals surface area contributed by atoms with E-state index >= 15 is 0 Å². The molecule has 210 valence electrons. The van der Waals surface area contributed by atoms with Crippen LogP contribution in [0.15, 0.2) is 34.3 Å². The first-order chi connectivity index (χ1) is 18.4. The normalized spacial score (nSPS) is 14.8. The van der Waals surface area contributed by atoms with Crippen LogP contribution in [-0.4, -0.2) is 46.2 Å². The van der Waals surface area contributed by atoms with Crippen molar-refractivity contribution in [2.24, 2.45) is 0 Å². The summed E-state index contributed by atoms with van der Waals surface area (Å²) < 4.78 is 5.41. The molecule has 0 aliphatic carbocycles. The summed E-state index contributed by atoms with van der Waals surface area (Å²) in [5, 5.41) is 6.81. The molecule has 2 amide bonds. The van der Waals surface area contributed by atoms with Gasteiger partial charge >= 0.3 is 6.09 Å². The summed E-state index contributed by atoms with van der Waals surface area (Å²) in [4.78, 5) is 36.5. The molecule has 0 bridgehead atoms. The van der Waals surface area contributed by atoms with Gasteiger partial charge < -0.3 is 26.0 Å². The van der Waals surface area contributed by atoms with Gasteiger partial charge in [0, 0.05) is 36.4 Å². The van der Waals surface area contributed by atoms with Crippen LogP contribution in [0.25, 0.3) is 0 Å². The minimum absolute atomic E-state index is 0.112. The van der Waals surface area contributed by atoms with Crippen molar-refractivity contribution >= 4 is 52.7 Å². The van der Waals surface area contributed by atoms with E-state index in [1.54, 1.807) is 12.3 Å². The van der Waals surface area contributed by atoms with Crippen LogP contribution in [0.3, 0.4) is 0 Å². The Morgan fingerprint density at radius 1 is 1.28 bits per heavy atom. The molecule has 39 heavy (non-hydrogen) atoms. The average Bonchev–Trinajstić information content (AvgIpc) is 2.84. The third-order valence-electron chi connectivity index (χ3n) is 6.16. The van der Waals surface area contributed by atoms with Gasteiger partial charge in [-0.05, 0) is 65.5 Å². The topological polar surface area (TPSA) is 122 Å². The number of nitrogens with two attached hydrogens (primary N) is 1. The van der Waals surface area contributed by atoms with E-state index in [1.165, 1.54) is 11.8 Å². The summed E-state index contributed by atoms with van der Waals surface area (Å²) in [6.07, 6.45) is 10.5. The SMILES string of the molecule is C#CCCCCC(=O)Nc1cccc(Sc2ncc(N3CCC(C)(NC(=O)OC(C)(C)C)CC3)nc2N)c1Cl. The Labute approximate surface area is 240 Å². The number of carbonyl (C=O) groups excluding carboxylic acids is 2. The number of nitrogens with zero attached hydrogens (tertiary/aromatic N) is 3. The number of unbranched alkanes of at least 4 members (excludes halogenated alkanes) is 2. The molecule has 9 nitrogen and oxygen atoms in total.